The van der Waals surface area contributed by atoms with Crippen molar-refractivity contribution in [1.29, 1.82) is 0 Å². The second-order valence-electron chi connectivity index (χ2n) is 4.24. The van der Waals surface area contributed by atoms with E-state index < -0.39 is 0 Å². The molecule has 2 aliphatic heterocycles. The molecule has 16 heavy (non-hydrogen) atoms. The van der Waals surface area contributed by atoms with Crippen LogP contribution < -0.4 is 16.0 Å². The third kappa shape index (κ3) is 2.82. The smallest absolute Gasteiger partial charge is 0.225 e. The molecule has 1 unspecified atom stereocenters. The highest BCUT2D eigenvalue weighted by molar-refractivity contribution is 5.89. The molecule has 1 fully saturated rings. The van der Waals surface area contributed by atoms with E-state index in [1.807, 2.05) is 0 Å². The van der Waals surface area contributed by atoms with Crippen molar-refractivity contribution in [3.05, 3.63) is 11.6 Å². The molecule has 2 amide bonds. The number of carbonyl (C=O) groups is 2. The summed E-state index contributed by atoms with van der Waals surface area (Å²) in [6.45, 7) is 2.95. The Hall–Kier alpha value is -1.36. The zero-order valence-corrected chi connectivity index (χ0v) is 9.21. The summed E-state index contributed by atoms with van der Waals surface area (Å²) in [7, 11) is 0. The van der Waals surface area contributed by atoms with Gasteiger partial charge in [-0.3, -0.25) is 9.59 Å². The molecule has 0 aliphatic carbocycles. The lowest BCUT2D eigenvalue weighted by atomic mass is 10.1. The minimum Gasteiger partial charge on any atom is -0.355 e. The highest BCUT2D eigenvalue weighted by Gasteiger charge is 2.27. The van der Waals surface area contributed by atoms with Crippen molar-refractivity contribution >= 4 is 11.8 Å². The molecule has 1 saturated heterocycles. The Balaban J connectivity index is 1.75. The lowest BCUT2D eigenvalue weighted by Gasteiger charge is -2.15. The molecule has 2 rings (SSSR count). The standard InChI is InChI=1S/C11H17N3O2/c15-10-5-9(7-13-10)11(16)14-6-8-1-3-12-4-2-8/h1,9,12H,2-7H2,(H,13,15)(H,14,16). The van der Waals surface area contributed by atoms with Crippen LogP contribution >= 0.6 is 0 Å². The van der Waals surface area contributed by atoms with Gasteiger partial charge in [0.2, 0.25) is 11.8 Å². The number of hydrogen-bond donors (Lipinski definition) is 3. The van der Waals surface area contributed by atoms with Gasteiger partial charge >= 0.3 is 0 Å². The van der Waals surface area contributed by atoms with Crippen LogP contribution in [0.3, 0.4) is 0 Å². The predicted octanol–water partition coefficient (Wildman–Crippen LogP) is -0.842. The molecular formula is C11H17N3O2. The number of rotatable bonds is 3. The Morgan fingerprint density at radius 2 is 2.44 bits per heavy atom. The zero-order chi connectivity index (χ0) is 11.4. The molecule has 5 heteroatoms. The maximum absolute atomic E-state index is 11.7. The van der Waals surface area contributed by atoms with Crippen LogP contribution in [0.5, 0.6) is 0 Å². The van der Waals surface area contributed by atoms with Gasteiger partial charge in [-0.25, -0.2) is 0 Å². The van der Waals surface area contributed by atoms with E-state index in [0.717, 1.165) is 19.5 Å². The van der Waals surface area contributed by atoms with Gasteiger partial charge in [0, 0.05) is 26.1 Å². The minimum atomic E-state index is -0.185. The van der Waals surface area contributed by atoms with Crippen molar-refractivity contribution in [3.63, 3.8) is 0 Å². The van der Waals surface area contributed by atoms with Crippen molar-refractivity contribution in [2.45, 2.75) is 12.8 Å². The van der Waals surface area contributed by atoms with Crippen LogP contribution in [0.25, 0.3) is 0 Å². The molecule has 0 aromatic carbocycles. The van der Waals surface area contributed by atoms with E-state index in [1.54, 1.807) is 0 Å². The van der Waals surface area contributed by atoms with Crippen LogP contribution in [0.15, 0.2) is 11.6 Å². The third-order valence-corrected chi connectivity index (χ3v) is 3.00. The molecule has 1 atom stereocenters. The lowest BCUT2D eigenvalue weighted by molar-refractivity contribution is -0.126. The molecule has 0 aromatic heterocycles. The van der Waals surface area contributed by atoms with Gasteiger partial charge in [0.15, 0.2) is 0 Å². The highest BCUT2D eigenvalue weighted by Crippen LogP contribution is 2.09. The summed E-state index contributed by atoms with van der Waals surface area (Å²) in [6, 6.07) is 0. The fourth-order valence-corrected chi connectivity index (χ4v) is 1.97. The summed E-state index contributed by atoms with van der Waals surface area (Å²) in [5.74, 6) is -0.228. The largest absolute Gasteiger partial charge is 0.355 e. The molecule has 0 saturated carbocycles. The van der Waals surface area contributed by atoms with E-state index >= 15 is 0 Å². The monoisotopic (exact) mass is 223 g/mol. The lowest BCUT2D eigenvalue weighted by Crippen LogP contribution is -2.34. The Morgan fingerprint density at radius 1 is 1.56 bits per heavy atom. The normalized spacial score (nSPS) is 24.9. The van der Waals surface area contributed by atoms with Crippen LogP contribution in [-0.4, -0.2) is 38.0 Å². The third-order valence-electron chi connectivity index (χ3n) is 3.00. The van der Waals surface area contributed by atoms with E-state index in [-0.39, 0.29) is 17.7 Å². The van der Waals surface area contributed by atoms with Gasteiger partial charge in [0.1, 0.15) is 0 Å². The first kappa shape index (κ1) is 11.1. The fourth-order valence-electron chi connectivity index (χ4n) is 1.97. The van der Waals surface area contributed by atoms with Crippen molar-refractivity contribution in [1.82, 2.24) is 16.0 Å². The first-order chi connectivity index (χ1) is 7.75. The average molecular weight is 223 g/mol. The number of carbonyl (C=O) groups excluding carboxylic acids is 2. The number of nitrogens with one attached hydrogen (secondary N) is 3. The Kier molecular flexibility index (Phi) is 3.56. The molecule has 0 radical (unpaired) electrons. The van der Waals surface area contributed by atoms with Crippen molar-refractivity contribution in [2.75, 3.05) is 26.2 Å². The summed E-state index contributed by atoms with van der Waals surface area (Å²) >= 11 is 0. The summed E-state index contributed by atoms with van der Waals surface area (Å²) in [5, 5.41) is 8.77. The summed E-state index contributed by atoms with van der Waals surface area (Å²) in [6.07, 6.45) is 3.43. The van der Waals surface area contributed by atoms with E-state index in [0.29, 0.717) is 19.5 Å². The maximum Gasteiger partial charge on any atom is 0.225 e. The highest BCUT2D eigenvalue weighted by atomic mass is 16.2. The number of amides is 2. The Bertz CT molecular complexity index is 325. The SMILES string of the molecule is O=C1CC(C(=O)NCC2=CCNCC2)CN1. The molecule has 2 heterocycles. The van der Waals surface area contributed by atoms with Crippen molar-refractivity contribution in [2.24, 2.45) is 5.92 Å². The van der Waals surface area contributed by atoms with E-state index in [2.05, 4.69) is 22.0 Å². The summed E-state index contributed by atoms with van der Waals surface area (Å²) in [5.41, 5.74) is 1.27. The van der Waals surface area contributed by atoms with Gasteiger partial charge in [-0.05, 0) is 13.0 Å². The number of hydrogen-bond acceptors (Lipinski definition) is 3. The second kappa shape index (κ2) is 5.12. The van der Waals surface area contributed by atoms with Gasteiger partial charge in [0.25, 0.3) is 0 Å². The molecule has 0 spiro atoms. The topological polar surface area (TPSA) is 70.2 Å². The zero-order valence-electron chi connectivity index (χ0n) is 9.21. The second-order valence-corrected chi connectivity index (χ2v) is 4.24. The van der Waals surface area contributed by atoms with E-state index in [9.17, 15) is 9.59 Å². The van der Waals surface area contributed by atoms with Crippen LogP contribution in [0.4, 0.5) is 0 Å². The minimum absolute atomic E-state index is 0.0159. The van der Waals surface area contributed by atoms with Crippen molar-refractivity contribution in [3.8, 4) is 0 Å². The molecule has 2 aliphatic rings. The molecular weight excluding hydrogens is 206 g/mol. The Labute approximate surface area is 94.7 Å². The molecule has 3 N–H and O–H groups in total. The quantitative estimate of drug-likeness (QED) is 0.546. The maximum atomic E-state index is 11.7. The molecule has 5 nitrogen and oxygen atoms in total. The molecule has 0 aromatic rings. The van der Waals surface area contributed by atoms with Crippen LogP contribution in [0, 0.1) is 5.92 Å². The summed E-state index contributed by atoms with van der Waals surface area (Å²) in [4.78, 5) is 22.6. The van der Waals surface area contributed by atoms with E-state index in [1.165, 1.54) is 5.57 Å². The average Bonchev–Trinajstić information content (AvgIpc) is 2.74. The predicted molar refractivity (Wildman–Crippen MR) is 59.7 cm³/mol. The van der Waals surface area contributed by atoms with Crippen molar-refractivity contribution < 1.29 is 9.59 Å². The van der Waals surface area contributed by atoms with Gasteiger partial charge in [0.05, 0.1) is 5.92 Å². The van der Waals surface area contributed by atoms with Gasteiger partial charge < -0.3 is 16.0 Å². The first-order valence-corrected chi connectivity index (χ1v) is 5.69. The molecule has 88 valence electrons. The Morgan fingerprint density at radius 3 is 3.06 bits per heavy atom. The summed E-state index contributed by atoms with van der Waals surface area (Å²) < 4.78 is 0. The molecule has 0 bridgehead atoms. The van der Waals surface area contributed by atoms with Gasteiger partial charge in [-0.15, -0.1) is 0 Å². The van der Waals surface area contributed by atoms with Crippen LogP contribution in [0.1, 0.15) is 12.8 Å². The van der Waals surface area contributed by atoms with Crippen LogP contribution in [-0.2, 0) is 9.59 Å². The first-order valence-electron chi connectivity index (χ1n) is 5.69. The van der Waals surface area contributed by atoms with Crippen LogP contribution in [0.2, 0.25) is 0 Å². The van der Waals surface area contributed by atoms with Gasteiger partial charge in [-0.2, -0.15) is 0 Å². The van der Waals surface area contributed by atoms with E-state index in [4.69, 9.17) is 0 Å². The fraction of sp³-hybridized carbons (Fsp3) is 0.636. The van der Waals surface area contributed by atoms with Gasteiger partial charge in [-0.1, -0.05) is 11.6 Å².